The first-order valence-electron chi connectivity index (χ1n) is 9.44. The standard InChI is InChI=1S/C21H21ClN4O4S/c1-11-9-12(2)26(25-11)18-8-6-16(22)19(24-18)21(29)30-13(3)20(28)17-7-5-15(31-17)10-23-14(4)27/h5-9,13H,10H2,1-4H3,(H,23,27). The Bertz CT molecular complexity index is 1150. The van der Waals surface area contributed by atoms with Gasteiger partial charge in [0.1, 0.15) is 0 Å². The molecule has 0 aromatic carbocycles. The molecule has 8 nitrogen and oxygen atoms in total. The van der Waals surface area contributed by atoms with E-state index in [-0.39, 0.29) is 22.4 Å². The Kier molecular flexibility index (Phi) is 6.87. The van der Waals surface area contributed by atoms with Crippen molar-refractivity contribution in [2.45, 2.75) is 40.3 Å². The van der Waals surface area contributed by atoms with Gasteiger partial charge in [0.25, 0.3) is 0 Å². The van der Waals surface area contributed by atoms with E-state index in [0.29, 0.717) is 17.2 Å². The molecule has 0 aliphatic rings. The predicted molar refractivity (Wildman–Crippen MR) is 117 cm³/mol. The molecule has 0 saturated heterocycles. The Morgan fingerprint density at radius 1 is 1.23 bits per heavy atom. The zero-order chi connectivity index (χ0) is 22.7. The van der Waals surface area contributed by atoms with Crippen molar-refractivity contribution in [3.8, 4) is 5.82 Å². The number of carbonyl (C=O) groups excluding carboxylic acids is 3. The van der Waals surface area contributed by atoms with Crippen molar-refractivity contribution in [1.29, 1.82) is 0 Å². The Hall–Kier alpha value is -3.04. The summed E-state index contributed by atoms with van der Waals surface area (Å²) >= 11 is 7.39. The van der Waals surface area contributed by atoms with Crippen molar-refractivity contribution in [2.24, 2.45) is 0 Å². The fourth-order valence-corrected chi connectivity index (χ4v) is 3.99. The lowest BCUT2D eigenvalue weighted by molar-refractivity contribution is -0.119. The highest BCUT2D eigenvalue weighted by Gasteiger charge is 2.24. The first-order valence-corrected chi connectivity index (χ1v) is 10.6. The summed E-state index contributed by atoms with van der Waals surface area (Å²) in [6, 6.07) is 8.46. The van der Waals surface area contributed by atoms with Crippen LogP contribution in [0.15, 0.2) is 30.3 Å². The van der Waals surface area contributed by atoms with Gasteiger partial charge in [0, 0.05) is 17.5 Å². The third-order valence-electron chi connectivity index (χ3n) is 4.32. The molecule has 0 spiro atoms. The molecule has 0 saturated carbocycles. The number of rotatable bonds is 7. The summed E-state index contributed by atoms with van der Waals surface area (Å²) in [6.45, 7) is 6.97. The van der Waals surface area contributed by atoms with Crippen LogP contribution in [0.4, 0.5) is 0 Å². The molecule has 31 heavy (non-hydrogen) atoms. The number of ether oxygens (including phenoxy) is 1. The number of esters is 1. The van der Waals surface area contributed by atoms with Gasteiger partial charge >= 0.3 is 5.97 Å². The Morgan fingerprint density at radius 2 is 1.97 bits per heavy atom. The van der Waals surface area contributed by atoms with Gasteiger partial charge in [0.2, 0.25) is 11.7 Å². The lowest BCUT2D eigenvalue weighted by Crippen LogP contribution is -2.24. The van der Waals surface area contributed by atoms with E-state index in [1.165, 1.54) is 31.3 Å². The van der Waals surface area contributed by atoms with Gasteiger partial charge in [-0.3, -0.25) is 9.59 Å². The monoisotopic (exact) mass is 460 g/mol. The number of halogens is 1. The fourth-order valence-electron chi connectivity index (χ4n) is 2.84. The Balaban J connectivity index is 1.73. The molecule has 0 aliphatic carbocycles. The van der Waals surface area contributed by atoms with Gasteiger partial charge < -0.3 is 10.1 Å². The summed E-state index contributed by atoms with van der Waals surface area (Å²) in [6.07, 6.45) is -1.03. The van der Waals surface area contributed by atoms with E-state index in [0.717, 1.165) is 16.3 Å². The third kappa shape index (κ3) is 5.36. The van der Waals surface area contributed by atoms with E-state index in [1.54, 1.807) is 22.9 Å². The molecule has 10 heteroatoms. The first-order chi connectivity index (χ1) is 14.7. The van der Waals surface area contributed by atoms with E-state index in [1.807, 2.05) is 19.9 Å². The molecule has 162 valence electrons. The van der Waals surface area contributed by atoms with Crippen LogP contribution in [0.2, 0.25) is 5.02 Å². The topological polar surface area (TPSA) is 103 Å². The summed E-state index contributed by atoms with van der Waals surface area (Å²) in [5.41, 5.74) is 1.57. The van der Waals surface area contributed by atoms with Crippen LogP contribution in [0.1, 0.15) is 50.3 Å². The number of nitrogens with one attached hydrogen (secondary N) is 1. The fraction of sp³-hybridized carbons (Fsp3) is 0.286. The van der Waals surface area contributed by atoms with E-state index in [9.17, 15) is 14.4 Å². The van der Waals surface area contributed by atoms with Crippen LogP contribution in [-0.4, -0.2) is 38.5 Å². The van der Waals surface area contributed by atoms with E-state index in [2.05, 4.69) is 15.4 Å². The summed E-state index contributed by atoms with van der Waals surface area (Å²) in [4.78, 5) is 41.9. The second-order valence-electron chi connectivity index (χ2n) is 6.93. The average Bonchev–Trinajstić information content (AvgIpc) is 3.32. The van der Waals surface area contributed by atoms with Gasteiger partial charge in [0.05, 0.1) is 22.1 Å². The van der Waals surface area contributed by atoms with Crippen LogP contribution < -0.4 is 5.32 Å². The second kappa shape index (κ2) is 9.40. The van der Waals surface area contributed by atoms with Crippen molar-refractivity contribution in [1.82, 2.24) is 20.1 Å². The van der Waals surface area contributed by atoms with E-state index < -0.39 is 12.1 Å². The molecular formula is C21H21ClN4O4S. The highest BCUT2D eigenvalue weighted by molar-refractivity contribution is 7.14. The van der Waals surface area contributed by atoms with Crippen LogP contribution in [-0.2, 0) is 16.1 Å². The Morgan fingerprint density at radius 3 is 2.61 bits per heavy atom. The minimum atomic E-state index is -1.03. The highest BCUT2D eigenvalue weighted by Crippen LogP contribution is 2.22. The van der Waals surface area contributed by atoms with Gasteiger partial charge in [-0.2, -0.15) is 5.10 Å². The number of nitrogens with zero attached hydrogens (tertiary/aromatic N) is 3. The minimum Gasteiger partial charge on any atom is -0.449 e. The molecule has 0 bridgehead atoms. The number of hydrogen-bond donors (Lipinski definition) is 1. The SMILES string of the molecule is CC(=O)NCc1ccc(C(=O)C(C)OC(=O)c2nc(-n3nc(C)cc3C)ccc2Cl)s1. The number of pyridine rings is 1. The summed E-state index contributed by atoms with van der Waals surface area (Å²) in [5.74, 6) is -0.889. The third-order valence-corrected chi connectivity index (χ3v) is 5.73. The first kappa shape index (κ1) is 22.6. The van der Waals surface area contributed by atoms with Crippen molar-refractivity contribution in [3.63, 3.8) is 0 Å². The predicted octanol–water partition coefficient (Wildman–Crippen LogP) is 3.66. The molecule has 3 rings (SSSR count). The van der Waals surface area contributed by atoms with Crippen LogP contribution in [0, 0.1) is 13.8 Å². The van der Waals surface area contributed by atoms with Gasteiger partial charge in [0.15, 0.2) is 17.6 Å². The van der Waals surface area contributed by atoms with Crippen LogP contribution in [0.25, 0.3) is 5.82 Å². The zero-order valence-electron chi connectivity index (χ0n) is 17.4. The van der Waals surface area contributed by atoms with Crippen LogP contribution >= 0.6 is 22.9 Å². The largest absolute Gasteiger partial charge is 0.449 e. The minimum absolute atomic E-state index is 0.0936. The maximum absolute atomic E-state index is 12.7. The van der Waals surface area contributed by atoms with Crippen LogP contribution in [0.3, 0.4) is 0 Å². The number of aryl methyl sites for hydroxylation is 2. The number of thiophene rings is 1. The summed E-state index contributed by atoms with van der Waals surface area (Å²) in [5, 5.41) is 7.13. The normalized spacial score (nSPS) is 11.8. The number of aromatic nitrogens is 3. The smallest absolute Gasteiger partial charge is 0.359 e. The zero-order valence-corrected chi connectivity index (χ0v) is 19.0. The molecular weight excluding hydrogens is 440 g/mol. The number of ketones is 1. The molecule has 0 radical (unpaired) electrons. The molecule has 1 atom stereocenters. The maximum atomic E-state index is 12.7. The Labute approximate surface area is 188 Å². The number of hydrogen-bond acceptors (Lipinski definition) is 7. The lowest BCUT2D eigenvalue weighted by atomic mass is 10.2. The van der Waals surface area contributed by atoms with Crippen molar-refractivity contribution in [3.05, 3.63) is 62.2 Å². The average molecular weight is 461 g/mol. The second-order valence-corrected chi connectivity index (χ2v) is 8.50. The number of Topliss-reactive ketones (excluding diaryl/α,β-unsaturated/α-hetero) is 1. The molecule has 1 N–H and O–H groups in total. The summed E-state index contributed by atoms with van der Waals surface area (Å²) in [7, 11) is 0. The molecule has 0 aliphatic heterocycles. The molecule has 1 unspecified atom stereocenters. The molecule has 0 fully saturated rings. The summed E-state index contributed by atoms with van der Waals surface area (Å²) < 4.78 is 6.94. The van der Waals surface area contributed by atoms with Crippen molar-refractivity contribution < 1.29 is 19.1 Å². The quantitative estimate of drug-likeness (QED) is 0.426. The van der Waals surface area contributed by atoms with Gasteiger partial charge in [-0.15, -0.1) is 11.3 Å². The molecule has 1 amide bonds. The van der Waals surface area contributed by atoms with Gasteiger partial charge in [-0.1, -0.05) is 11.6 Å². The molecule has 3 aromatic heterocycles. The van der Waals surface area contributed by atoms with E-state index in [4.69, 9.17) is 16.3 Å². The molecule has 3 aromatic rings. The number of amides is 1. The van der Waals surface area contributed by atoms with Crippen LogP contribution in [0.5, 0.6) is 0 Å². The van der Waals surface area contributed by atoms with E-state index >= 15 is 0 Å². The maximum Gasteiger partial charge on any atom is 0.359 e. The van der Waals surface area contributed by atoms with Gasteiger partial charge in [-0.25, -0.2) is 14.5 Å². The highest BCUT2D eigenvalue weighted by atomic mass is 35.5. The lowest BCUT2D eigenvalue weighted by Gasteiger charge is -2.12. The van der Waals surface area contributed by atoms with Crippen molar-refractivity contribution >= 4 is 40.6 Å². The number of carbonyl (C=O) groups is 3. The molecule has 3 heterocycles. The van der Waals surface area contributed by atoms with Crippen molar-refractivity contribution in [2.75, 3.05) is 0 Å². The van der Waals surface area contributed by atoms with Gasteiger partial charge in [-0.05, 0) is 51.1 Å².